The second kappa shape index (κ2) is 5.56. The Kier molecular flexibility index (Phi) is 5.94. The summed E-state index contributed by atoms with van der Waals surface area (Å²) < 4.78 is 11.6. The van der Waals surface area contributed by atoms with E-state index in [9.17, 15) is 0 Å². The third-order valence-corrected chi connectivity index (χ3v) is 3.56. The molecule has 6 heteroatoms. The molecule has 0 N–H and O–H groups in total. The van der Waals surface area contributed by atoms with Crippen LogP contribution in [0, 0.1) is 5.41 Å². The molecule has 3 nitrogen and oxygen atoms in total. The average molecular weight is 273 g/mol. The summed E-state index contributed by atoms with van der Waals surface area (Å²) in [6.45, 7) is 5.56. The van der Waals surface area contributed by atoms with Gasteiger partial charge >= 0.3 is 6.12 Å². The molecule has 1 saturated heterocycles. The number of nitrogens with zero attached hydrogens (tertiary/aromatic N) is 1. The summed E-state index contributed by atoms with van der Waals surface area (Å²) in [5, 5.41) is 0. The Morgan fingerprint density at radius 3 is 1.47 bits per heavy atom. The van der Waals surface area contributed by atoms with Crippen LogP contribution in [0.1, 0.15) is 13.8 Å². The van der Waals surface area contributed by atoms with E-state index in [1.807, 2.05) is 0 Å². The van der Waals surface area contributed by atoms with Crippen molar-refractivity contribution in [2.45, 2.75) is 13.8 Å². The van der Waals surface area contributed by atoms with Crippen LogP contribution < -0.4 is 0 Å². The zero-order chi connectivity index (χ0) is 12.3. The molecule has 0 radical (unpaired) electrons. The summed E-state index contributed by atoms with van der Waals surface area (Å²) in [4.78, 5) is 0. The fraction of sp³-hybridized carbons (Fsp3) is 1.00. The van der Waals surface area contributed by atoms with Crippen molar-refractivity contribution in [1.29, 1.82) is 0 Å². The van der Waals surface area contributed by atoms with Gasteiger partial charge in [-0.25, -0.2) is 0 Å². The number of hydrogen-bond donors (Lipinski definition) is 2. The third-order valence-electron chi connectivity index (χ3n) is 1.25. The lowest BCUT2D eigenvalue weighted by Gasteiger charge is -2.29. The maximum atomic E-state index is 5.30. The number of rotatable bonds is 0. The molecule has 15 heavy (non-hydrogen) atoms. The zero-order valence-corrected chi connectivity index (χ0v) is 13.2. The Morgan fingerprint density at radius 2 is 1.27 bits per heavy atom. The van der Waals surface area contributed by atoms with Crippen LogP contribution in [-0.2, 0) is 9.05 Å². The van der Waals surface area contributed by atoms with Crippen LogP contribution in [0.2, 0.25) is 0 Å². The van der Waals surface area contributed by atoms with Crippen LogP contribution in [0.15, 0.2) is 0 Å². The van der Waals surface area contributed by atoms with Crippen molar-refractivity contribution in [3.05, 3.63) is 0 Å². The highest BCUT2D eigenvalue weighted by molar-refractivity contribution is 8.82. The predicted molar refractivity (Wildman–Crippen MR) is 74.5 cm³/mol. The molecule has 1 fully saturated rings. The first-order valence-corrected chi connectivity index (χ1v) is 8.77. The monoisotopic (exact) mass is 273 g/mol. The summed E-state index contributed by atoms with van der Waals surface area (Å²) in [5.41, 5.74) is 0.120. The molecule has 0 unspecified atom stereocenters. The molecule has 92 valence electrons. The van der Waals surface area contributed by atoms with Gasteiger partial charge in [0, 0.05) is 5.41 Å². The van der Waals surface area contributed by atoms with E-state index < -0.39 is 6.12 Å². The molecule has 0 atom stereocenters. The molecule has 1 heterocycles. The maximum absolute atomic E-state index is 5.30. The zero-order valence-electron chi connectivity index (χ0n) is 10.5. The van der Waals surface area contributed by atoms with E-state index >= 15 is 0 Å². The molecule has 0 aliphatic carbocycles. The van der Waals surface area contributed by atoms with Crippen LogP contribution in [0.4, 0.5) is 0 Å². The summed E-state index contributed by atoms with van der Waals surface area (Å²) in [6, 6.07) is 0. The predicted octanol–water partition coefficient (Wildman–Crippen LogP) is 2.92. The molecule has 1 aliphatic rings. The van der Waals surface area contributed by atoms with Gasteiger partial charge in [0.25, 0.3) is 0 Å². The lowest BCUT2D eigenvalue weighted by molar-refractivity contribution is -0.849. The molecule has 0 aromatic heterocycles. The van der Waals surface area contributed by atoms with Crippen molar-refractivity contribution in [3.63, 3.8) is 0 Å². The topological polar surface area (TPSA) is 18.5 Å². The summed E-state index contributed by atoms with van der Waals surface area (Å²) >= 11 is 8.25. The molecule has 1 aliphatic heterocycles. The molecular weight excluding hydrogens is 249 g/mol. The number of quaternary nitrogens is 1. The van der Waals surface area contributed by atoms with Crippen LogP contribution in [-0.4, -0.2) is 45.9 Å². The first-order valence-electron chi connectivity index (χ1n) is 4.84. The fourth-order valence-corrected chi connectivity index (χ4v) is 2.40. The van der Waals surface area contributed by atoms with Crippen molar-refractivity contribution < 1.29 is 13.5 Å². The largest absolute Gasteiger partial charge is 0.389 e. The van der Waals surface area contributed by atoms with E-state index in [1.54, 1.807) is 0 Å². The summed E-state index contributed by atoms with van der Waals surface area (Å²) in [6.07, 6.45) is -2.03. The van der Waals surface area contributed by atoms with Gasteiger partial charge in [-0.05, 0) is 0 Å². The Bertz CT molecular complexity index is 171. The normalized spacial score (nSPS) is 24.0. The van der Waals surface area contributed by atoms with Crippen molar-refractivity contribution in [2.24, 2.45) is 5.41 Å². The second-order valence-corrected chi connectivity index (χ2v) is 11.5. The fourth-order valence-electron chi connectivity index (χ4n) is 0.597. The lowest BCUT2D eigenvalue weighted by Crippen LogP contribution is -2.28. The van der Waals surface area contributed by atoms with Crippen molar-refractivity contribution in [3.8, 4) is 0 Å². The molecule has 0 saturated carbocycles. The van der Waals surface area contributed by atoms with Gasteiger partial charge in [-0.2, -0.15) is 9.05 Å². The SMILES string of the molecule is CC1(C)CO[P+](S)(S)OC1.C[N+](C)(C)C. The molecule has 0 amide bonds. The van der Waals surface area contributed by atoms with E-state index in [-0.39, 0.29) is 5.41 Å². The number of hydrogen-bond acceptors (Lipinski definition) is 4. The average Bonchev–Trinajstić information content (AvgIpc) is 1.94. The Hall–Kier alpha value is 1.01. The highest BCUT2D eigenvalue weighted by Gasteiger charge is 2.43. The van der Waals surface area contributed by atoms with Crippen LogP contribution in [0.3, 0.4) is 0 Å². The van der Waals surface area contributed by atoms with Gasteiger partial charge < -0.3 is 4.48 Å². The van der Waals surface area contributed by atoms with E-state index in [2.05, 4.69) is 66.5 Å². The van der Waals surface area contributed by atoms with E-state index in [0.29, 0.717) is 13.2 Å². The van der Waals surface area contributed by atoms with Crippen LogP contribution in [0.5, 0.6) is 0 Å². The molecule has 0 spiro atoms. The van der Waals surface area contributed by atoms with Crippen molar-refractivity contribution in [2.75, 3.05) is 41.4 Å². The molecule has 0 aromatic rings. The van der Waals surface area contributed by atoms with Crippen LogP contribution >= 0.6 is 30.6 Å². The maximum Gasteiger partial charge on any atom is 0.389 e. The minimum atomic E-state index is -2.03. The quantitative estimate of drug-likeness (QED) is 0.402. The third kappa shape index (κ3) is 11.3. The minimum Gasteiger partial charge on any atom is -0.333 e. The first kappa shape index (κ1) is 16.0. The molecule has 0 bridgehead atoms. The minimum absolute atomic E-state index is 0.120. The van der Waals surface area contributed by atoms with Gasteiger partial charge in [-0.3, -0.25) is 0 Å². The van der Waals surface area contributed by atoms with E-state index in [4.69, 9.17) is 9.05 Å². The highest BCUT2D eigenvalue weighted by atomic mass is 33.1. The van der Waals surface area contributed by atoms with Gasteiger partial charge in [0.15, 0.2) is 0 Å². The van der Waals surface area contributed by atoms with E-state index in [1.165, 1.54) is 0 Å². The highest BCUT2D eigenvalue weighted by Crippen LogP contribution is 2.72. The van der Waals surface area contributed by atoms with Gasteiger partial charge in [0.05, 0.1) is 52.7 Å². The van der Waals surface area contributed by atoms with Gasteiger partial charge in [-0.15, -0.1) is 0 Å². The molecular formula is C9H24NO2PS2+2. The van der Waals surface area contributed by atoms with Crippen molar-refractivity contribution >= 4 is 30.6 Å². The van der Waals surface area contributed by atoms with Gasteiger partial charge in [0.1, 0.15) is 13.2 Å². The smallest absolute Gasteiger partial charge is 0.333 e. The summed E-state index contributed by atoms with van der Waals surface area (Å²) in [7, 11) is 8.50. The van der Waals surface area contributed by atoms with Gasteiger partial charge in [-0.1, -0.05) is 13.8 Å². The lowest BCUT2D eigenvalue weighted by atomic mass is 9.97. The Labute approximate surface area is 105 Å². The van der Waals surface area contributed by atoms with Gasteiger partial charge in [0.2, 0.25) is 0 Å². The van der Waals surface area contributed by atoms with Crippen molar-refractivity contribution in [1.82, 2.24) is 0 Å². The first-order chi connectivity index (χ1) is 6.41. The Morgan fingerprint density at radius 1 is 1.00 bits per heavy atom. The summed E-state index contributed by atoms with van der Waals surface area (Å²) in [5.74, 6) is 0. The Balaban J connectivity index is 0.000000336. The standard InChI is InChI=1S/C5H12O2PS2.C4H12N/c1-5(2)3-6-8(9,10)7-4-5;1-5(2,3)4/h9-10H,3-4H2,1-2H3;1-4H3/q2*+1. The number of thiol groups is 2. The van der Waals surface area contributed by atoms with E-state index in [0.717, 1.165) is 4.48 Å². The second-order valence-electron chi connectivity index (χ2n) is 5.88. The molecule has 1 rings (SSSR count). The molecule has 0 aromatic carbocycles. The van der Waals surface area contributed by atoms with Crippen LogP contribution in [0.25, 0.3) is 0 Å².